The van der Waals surface area contributed by atoms with E-state index < -0.39 is 0 Å². The number of thiophene rings is 1. The fourth-order valence-electron chi connectivity index (χ4n) is 4.53. The minimum atomic E-state index is -0.161. The average molecular weight is 533 g/mol. The van der Waals surface area contributed by atoms with Crippen LogP contribution in [0.4, 0.5) is 0 Å². The van der Waals surface area contributed by atoms with Gasteiger partial charge in [0.2, 0.25) is 5.91 Å². The first kappa shape index (κ1) is 23.8. The Kier molecular flexibility index (Phi) is 7.75. The second-order valence-corrected chi connectivity index (χ2v) is 10.1. The Balaban J connectivity index is 1.52. The lowest BCUT2D eigenvalue weighted by Gasteiger charge is -2.35. The molecule has 0 saturated carbocycles. The lowest BCUT2D eigenvalue weighted by molar-refractivity contribution is -0.143. The van der Waals surface area contributed by atoms with Crippen molar-refractivity contribution in [2.75, 3.05) is 20.3 Å². The van der Waals surface area contributed by atoms with Crippen molar-refractivity contribution in [2.24, 2.45) is 0 Å². The largest absolute Gasteiger partial charge is 0.497 e. The Labute approximate surface area is 206 Å². The SMILES string of the molecule is CCOC(=O)CCCCCC(=O)N1CCc2c([nH]c3ccc(OC)cc23)[C@H]1c1cc(Br)cs1. The van der Waals surface area contributed by atoms with Crippen LogP contribution in [0.15, 0.2) is 34.1 Å². The van der Waals surface area contributed by atoms with Gasteiger partial charge in [-0.25, -0.2) is 0 Å². The molecule has 176 valence electrons. The van der Waals surface area contributed by atoms with E-state index in [0.29, 0.717) is 26.0 Å². The number of nitrogens with one attached hydrogen (secondary N) is 1. The Morgan fingerprint density at radius 3 is 2.76 bits per heavy atom. The van der Waals surface area contributed by atoms with Crippen molar-refractivity contribution in [2.45, 2.75) is 51.5 Å². The number of rotatable bonds is 9. The average Bonchev–Trinajstić information content (AvgIpc) is 3.40. The normalized spacial score (nSPS) is 15.5. The van der Waals surface area contributed by atoms with E-state index in [0.717, 1.165) is 57.4 Å². The summed E-state index contributed by atoms with van der Waals surface area (Å²) in [6, 6.07) is 8.06. The predicted octanol–water partition coefficient (Wildman–Crippen LogP) is 5.99. The first-order valence-corrected chi connectivity index (χ1v) is 13.1. The molecule has 1 aromatic carbocycles. The fourth-order valence-corrected chi connectivity index (χ4v) is 6.09. The summed E-state index contributed by atoms with van der Waals surface area (Å²) in [6.45, 7) is 2.90. The summed E-state index contributed by atoms with van der Waals surface area (Å²) in [5, 5.41) is 3.23. The zero-order valence-corrected chi connectivity index (χ0v) is 21.4. The number of methoxy groups -OCH3 is 1. The Morgan fingerprint density at radius 1 is 1.21 bits per heavy atom. The maximum Gasteiger partial charge on any atom is 0.305 e. The van der Waals surface area contributed by atoms with Crippen molar-refractivity contribution in [3.63, 3.8) is 0 Å². The molecule has 0 spiro atoms. The van der Waals surface area contributed by atoms with E-state index in [4.69, 9.17) is 9.47 Å². The van der Waals surface area contributed by atoms with Crippen molar-refractivity contribution >= 4 is 50.0 Å². The third-order valence-electron chi connectivity index (χ3n) is 6.09. The summed E-state index contributed by atoms with van der Waals surface area (Å²) in [5.41, 5.74) is 3.42. The van der Waals surface area contributed by atoms with E-state index in [1.807, 2.05) is 24.0 Å². The van der Waals surface area contributed by atoms with Crippen LogP contribution in [-0.4, -0.2) is 42.0 Å². The molecule has 1 N–H and O–H groups in total. The number of aromatic amines is 1. The summed E-state index contributed by atoms with van der Waals surface area (Å²) in [5.74, 6) is 0.828. The van der Waals surface area contributed by atoms with Crippen LogP contribution in [0.25, 0.3) is 10.9 Å². The minimum Gasteiger partial charge on any atom is -0.497 e. The van der Waals surface area contributed by atoms with Crippen molar-refractivity contribution in [3.05, 3.63) is 50.3 Å². The predicted molar refractivity (Wildman–Crippen MR) is 134 cm³/mol. The summed E-state index contributed by atoms with van der Waals surface area (Å²) in [6.07, 6.45) is 4.06. The molecule has 6 nitrogen and oxygen atoms in total. The Bertz CT molecular complexity index is 1140. The van der Waals surface area contributed by atoms with Gasteiger partial charge in [-0.2, -0.15) is 0 Å². The molecule has 33 heavy (non-hydrogen) atoms. The second kappa shape index (κ2) is 10.7. The van der Waals surface area contributed by atoms with Crippen LogP contribution in [0.3, 0.4) is 0 Å². The molecular weight excluding hydrogens is 504 g/mol. The molecular formula is C25H29BrN2O4S. The van der Waals surface area contributed by atoms with E-state index in [2.05, 4.69) is 38.4 Å². The van der Waals surface area contributed by atoms with Gasteiger partial charge in [-0.1, -0.05) is 6.42 Å². The molecule has 1 aliphatic heterocycles. The standard InChI is InChI=1S/C25H29BrN2O4S/c1-3-32-23(30)8-6-4-5-7-22(29)28-12-11-18-19-14-17(31-2)9-10-20(19)27-24(18)25(28)21-13-16(26)15-33-21/h9-10,13-15,25,27H,3-8,11-12H2,1-2H3/t25-/m1/s1. The van der Waals surface area contributed by atoms with E-state index in [9.17, 15) is 9.59 Å². The van der Waals surface area contributed by atoms with Gasteiger partial charge < -0.3 is 19.4 Å². The third-order valence-corrected chi connectivity index (χ3v) is 7.83. The number of carbonyl (C=O) groups is 2. The van der Waals surface area contributed by atoms with Gasteiger partial charge in [-0.05, 0) is 71.9 Å². The van der Waals surface area contributed by atoms with Crippen LogP contribution >= 0.6 is 27.3 Å². The molecule has 3 aromatic rings. The van der Waals surface area contributed by atoms with Crippen LogP contribution in [0.2, 0.25) is 0 Å². The molecule has 1 amide bonds. The summed E-state index contributed by atoms with van der Waals surface area (Å²) in [4.78, 5) is 31.6. The van der Waals surface area contributed by atoms with Gasteiger partial charge in [-0.15, -0.1) is 11.3 Å². The molecule has 0 fully saturated rings. The number of fused-ring (bicyclic) bond motifs is 3. The van der Waals surface area contributed by atoms with Crippen molar-refractivity contribution in [3.8, 4) is 5.75 Å². The van der Waals surface area contributed by atoms with E-state index in [1.54, 1.807) is 18.4 Å². The lowest BCUT2D eigenvalue weighted by Crippen LogP contribution is -2.40. The van der Waals surface area contributed by atoms with Gasteiger partial charge in [0, 0.05) is 50.7 Å². The highest BCUT2D eigenvalue weighted by molar-refractivity contribution is 9.10. The lowest BCUT2D eigenvalue weighted by atomic mass is 9.95. The zero-order valence-electron chi connectivity index (χ0n) is 19.0. The first-order chi connectivity index (χ1) is 16.0. The number of aromatic nitrogens is 1. The number of amides is 1. The highest BCUT2D eigenvalue weighted by atomic mass is 79.9. The quantitative estimate of drug-likeness (QED) is 0.271. The molecule has 0 bridgehead atoms. The highest BCUT2D eigenvalue weighted by Gasteiger charge is 2.35. The second-order valence-electron chi connectivity index (χ2n) is 8.20. The van der Waals surface area contributed by atoms with Crippen LogP contribution in [-0.2, 0) is 20.7 Å². The van der Waals surface area contributed by atoms with E-state index in [-0.39, 0.29) is 17.9 Å². The molecule has 0 aliphatic carbocycles. The molecule has 4 rings (SSSR count). The van der Waals surface area contributed by atoms with Gasteiger partial charge in [-0.3, -0.25) is 9.59 Å². The Morgan fingerprint density at radius 2 is 2.03 bits per heavy atom. The smallest absolute Gasteiger partial charge is 0.305 e. The molecule has 1 atom stereocenters. The van der Waals surface area contributed by atoms with Gasteiger partial charge >= 0.3 is 5.97 Å². The molecule has 8 heteroatoms. The van der Waals surface area contributed by atoms with Crippen LogP contribution < -0.4 is 4.74 Å². The maximum atomic E-state index is 13.3. The molecule has 0 saturated heterocycles. The summed E-state index contributed by atoms with van der Waals surface area (Å²) >= 11 is 5.23. The number of H-pyrrole nitrogens is 1. The number of nitrogens with zero attached hydrogens (tertiary/aromatic N) is 1. The topological polar surface area (TPSA) is 71.6 Å². The monoisotopic (exact) mass is 532 g/mol. The van der Waals surface area contributed by atoms with Gasteiger partial charge in [0.25, 0.3) is 0 Å². The van der Waals surface area contributed by atoms with Crippen molar-refractivity contribution in [1.82, 2.24) is 9.88 Å². The summed E-state index contributed by atoms with van der Waals surface area (Å²) in [7, 11) is 1.68. The number of esters is 1. The molecule has 3 heterocycles. The number of halogens is 1. The van der Waals surface area contributed by atoms with Gasteiger partial charge in [0.1, 0.15) is 11.8 Å². The van der Waals surface area contributed by atoms with E-state index >= 15 is 0 Å². The number of ether oxygens (including phenoxy) is 2. The number of hydrogen-bond acceptors (Lipinski definition) is 5. The third kappa shape index (κ3) is 5.27. The number of benzene rings is 1. The van der Waals surface area contributed by atoms with Crippen molar-refractivity contribution < 1.29 is 19.1 Å². The first-order valence-electron chi connectivity index (χ1n) is 11.4. The number of hydrogen-bond donors (Lipinski definition) is 1. The minimum absolute atomic E-state index is 0.129. The molecule has 1 aliphatic rings. The fraction of sp³-hybridized carbons (Fsp3) is 0.440. The van der Waals surface area contributed by atoms with Gasteiger partial charge in [0.05, 0.1) is 13.7 Å². The highest BCUT2D eigenvalue weighted by Crippen LogP contribution is 2.42. The number of unbranched alkanes of at least 4 members (excludes halogenated alkanes) is 2. The van der Waals surface area contributed by atoms with E-state index in [1.165, 1.54) is 5.56 Å². The zero-order chi connectivity index (χ0) is 23.4. The molecule has 0 unspecified atom stereocenters. The van der Waals surface area contributed by atoms with Crippen molar-refractivity contribution in [1.29, 1.82) is 0 Å². The van der Waals surface area contributed by atoms with Crippen LogP contribution in [0, 0.1) is 0 Å². The maximum absolute atomic E-state index is 13.3. The van der Waals surface area contributed by atoms with Crippen LogP contribution in [0.1, 0.15) is 61.2 Å². The molecule has 2 aromatic heterocycles. The summed E-state index contributed by atoms with van der Waals surface area (Å²) < 4.78 is 11.4. The Hall–Kier alpha value is -2.32. The van der Waals surface area contributed by atoms with Gasteiger partial charge in [0.15, 0.2) is 0 Å². The molecule has 0 radical (unpaired) electrons. The van der Waals surface area contributed by atoms with Crippen LogP contribution in [0.5, 0.6) is 5.75 Å². The number of carbonyl (C=O) groups excluding carboxylic acids is 2.